The number of rotatable bonds is 3. The fraction of sp³-hybridized carbons (Fsp3) is 0.353. The summed E-state index contributed by atoms with van der Waals surface area (Å²) in [6.45, 7) is 1.77. The molecule has 0 saturated carbocycles. The minimum Gasteiger partial charge on any atom is -0.383 e. The van der Waals surface area contributed by atoms with Crippen LogP contribution in [0.3, 0.4) is 0 Å². The van der Waals surface area contributed by atoms with E-state index in [1.54, 1.807) is 18.3 Å². The fourth-order valence-corrected chi connectivity index (χ4v) is 3.07. The van der Waals surface area contributed by atoms with Crippen LogP contribution in [0.4, 0.5) is 10.2 Å². The zero-order valence-corrected chi connectivity index (χ0v) is 12.0. The first-order valence-electron chi connectivity index (χ1n) is 7.43. The average molecular weight is 285 g/mol. The highest BCUT2D eigenvalue weighted by Crippen LogP contribution is 2.32. The molecule has 4 heteroatoms. The molecule has 0 radical (unpaired) electrons. The summed E-state index contributed by atoms with van der Waals surface area (Å²) >= 11 is 0. The Bertz CT molecular complexity index is 614. The molecule has 0 aliphatic carbocycles. The topological polar surface area (TPSA) is 42.1 Å². The average Bonchev–Trinajstić information content (AvgIpc) is 2.50. The molecule has 2 N–H and O–H groups in total. The zero-order chi connectivity index (χ0) is 14.7. The van der Waals surface area contributed by atoms with Crippen molar-refractivity contribution in [2.24, 2.45) is 0 Å². The van der Waals surface area contributed by atoms with Crippen LogP contribution in [-0.2, 0) is 6.54 Å². The normalized spacial score (nSPS) is 19.6. The van der Waals surface area contributed by atoms with E-state index in [4.69, 9.17) is 5.73 Å². The molecule has 1 unspecified atom stereocenters. The van der Waals surface area contributed by atoms with E-state index in [0.29, 0.717) is 5.82 Å². The first-order valence-corrected chi connectivity index (χ1v) is 7.43. The highest BCUT2D eigenvalue weighted by molar-refractivity contribution is 5.38. The highest BCUT2D eigenvalue weighted by atomic mass is 19.1. The highest BCUT2D eigenvalue weighted by Gasteiger charge is 2.24. The van der Waals surface area contributed by atoms with Crippen LogP contribution < -0.4 is 5.73 Å². The number of hydrogen-bond acceptors (Lipinski definition) is 3. The van der Waals surface area contributed by atoms with Crippen LogP contribution in [0.15, 0.2) is 42.6 Å². The summed E-state index contributed by atoms with van der Waals surface area (Å²) in [4.78, 5) is 6.53. The summed E-state index contributed by atoms with van der Waals surface area (Å²) in [7, 11) is 0. The zero-order valence-electron chi connectivity index (χ0n) is 12.0. The van der Waals surface area contributed by atoms with Crippen LogP contribution in [0.2, 0.25) is 0 Å². The molecule has 2 aromatic rings. The summed E-state index contributed by atoms with van der Waals surface area (Å²) in [5.74, 6) is 0.417. The van der Waals surface area contributed by atoms with Gasteiger partial charge in [-0.2, -0.15) is 0 Å². The molecule has 21 heavy (non-hydrogen) atoms. The predicted octanol–water partition coefficient (Wildman–Crippen LogP) is 3.53. The molecule has 2 heterocycles. The molecule has 1 aliphatic rings. The third-order valence-corrected chi connectivity index (χ3v) is 4.15. The van der Waals surface area contributed by atoms with E-state index >= 15 is 0 Å². The Hall–Kier alpha value is -1.94. The number of pyridine rings is 1. The van der Waals surface area contributed by atoms with Crippen molar-refractivity contribution in [1.82, 2.24) is 9.88 Å². The van der Waals surface area contributed by atoms with Gasteiger partial charge in [0.2, 0.25) is 0 Å². The molecule has 1 atom stereocenters. The number of hydrogen-bond donors (Lipinski definition) is 1. The van der Waals surface area contributed by atoms with Crippen LogP contribution in [0, 0.1) is 5.82 Å². The number of nitrogens with zero attached hydrogens (tertiary/aromatic N) is 2. The molecule has 0 amide bonds. The number of halogens is 1. The van der Waals surface area contributed by atoms with Crippen LogP contribution in [0.5, 0.6) is 0 Å². The van der Waals surface area contributed by atoms with Gasteiger partial charge in [0, 0.05) is 24.3 Å². The largest absolute Gasteiger partial charge is 0.383 e. The number of likely N-dealkylation sites (tertiary alicyclic amines) is 1. The molecular formula is C17H20FN3. The lowest BCUT2D eigenvalue weighted by molar-refractivity contribution is 0.140. The second-order valence-corrected chi connectivity index (χ2v) is 5.58. The fourth-order valence-electron chi connectivity index (χ4n) is 3.07. The standard InChI is InChI=1S/C17H20FN3/c18-15-7-3-5-13(11-15)16-8-1-2-10-21(16)12-14-6-4-9-20-17(14)19/h3-7,9,11,16H,1-2,8,10,12H2,(H2,19,20). The van der Waals surface area contributed by atoms with E-state index in [9.17, 15) is 4.39 Å². The Labute approximate surface area is 124 Å². The van der Waals surface area contributed by atoms with Crippen molar-refractivity contribution in [2.75, 3.05) is 12.3 Å². The van der Waals surface area contributed by atoms with Gasteiger partial charge in [0.1, 0.15) is 11.6 Å². The Morgan fingerprint density at radius 3 is 2.95 bits per heavy atom. The Morgan fingerprint density at radius 1 is 1.24 bits per heavy atom. The first-order chi connectivity index (χ1) is 10.2. The molecule has 1 fully saturated rings. The van der Waals surface area contributed by atoms with Gasteiger partial charge >= 0.3 is 0 Å². The van der Waals surface area contributed by atoms with Gasteiger partial charge in [-0.05, 0) is 43.1 Å². The lowest BCUT2D eigenvalue weighted by Gasteiger charge is -2.36. The SMILES string of the molecule is Nc1ncccc1CN1CCCCC1c1cccc(F)c1. The number of nitrogen functional groups attached to an aromatic ring is 1. The Kier molecular flexibility index (Phi) is 4.15. The van der Waals surface area contributed by atoms with E-state index in [1.807, 2.05) is 18.2 Å². The number of piperidine rings is 1. The van der Waals surface area contributed by atoms with Gasteiger partial charge in [0.25, 0.3) is 0 Å². The van der Waals surface area contributed by atoms with Gasteiger partial charge in [0.15, 0.2) is 0 Å². The van der Waals surface area contributed by atoms with E-state index < -0.39 is 0 Å². The number of aromatic nitrogens is 1. The number of nitrogens with two attached hydrogens (primary N) is 1. The van der Waals surface area contributed by atoms with Gasteiger partial charge in [-0.25, -0.2) is 9.37 Å². The molecule has 0 bridgehead atoms. The molecule has 1 saturated heterocycles. The minimum atomic E-state index is -0.168. The second kappa shape index (κ2) is 6.22. The van der Waals surface area contributed by atoms with Crippen LogP contribution in [-0.4, -0.2) is 16.4 Å². The minimum absolute atomic E-state index is 0.168. The maximum atomic E-state index is 13.5. The molecule has 1 aromatic heterocycles. The van der Waals surface area contributed by atoms with Crippen LogP contribution >= 0.6 is 0 Å². The Morgan fingerprint density at radius 2 is 2.14 bits per heavy atom. The van der Waals surface area contributed by atoms with E-state index in [-0.39, 0.29) is 11.9 Å². The van der Waals surface area contributed by atoms with Crippen molar-refractivity contribution in [3.05, 3.63) is 59.5 Å². The van der Waals surface area contributed by atoms with Crippen molar-refractivity contribution >= 4 is 5.82 Å². The summed E-state index contributed by atoms with van der Waals surface area (Å²) in [5, 5.41) is 0. The van der Waals surface area contributed by atoms with Crippen molar-refractivity contribution in [3.8, 4) is 0 Å². The van der Waals surface area contributed by atoms with E-state index in [1.165, 1.54) is 18.9 Å². The molecule has 1 aliphatic heterocycles. The predicted molar refractivity (Wildman–Crippen MR) is 82.1 cm³/mol. The van der Waals surface area contributed by atoms with E-state index in [2.05, 4.69) is 9.88 Å². The third-order valence-electron chi connectivity index (χ3n) is 4.15. The quantitative estimate of drug-likeness (QED) is 0.938. The molecule has 3 rings (SSSR count). The summed E-state index contributed by atoms with van der Waals surface area (Å²) in [6.07, 6.45) is 5.12. The summed E-state index contributed by atoms with van der Waals surface area (Å²) in [5.41, 5.74) is 8.04. The van der Waals surface area contributed by atoms with Gasteiger partial charge in [-0.1, -0.05) is 24.6 Å². The maximum absolute atomic E-state index is 13.5. The lowest BCUT2D eigenvalue weighted by atomic mass is 9.94. The number of benzene rings is 1. The number of anilines is 1. The molecule has 0 spiro atoms. The van der Waals surface area contributed by atoms with Gasteiger partial charge in [-0.15, -0.1) is 0 Å². The smallest absolute Gasteiger partial charge is 0.127 e. The van der Waals surface area contributed by atoms with Crippen molar-refractivity contribution in [3.63, 3.8) is 0 Å². The van der Waals surface area contributed by atoms with Crippen LogP contribution in [0.25, 0.3) is 0 Å². The van der Waals surface area contributed by atoms with Crippen LogP contribution in [0.1, 0.15) is 36.4 Å². The van der Waals surface area contributed by atoms with Gasteiger partial charge in [-0.3, -0.25) is 4.90 Å². The molecule has 1 aromatic carbocycles. The molecule has 110 valence electrons. The first kappa shape index (κ1) is 14.0. The van der Waals surface area contributed by atoms with Gasteiger partial charge in [0.05, 0.1) is 0 Å². The lowest BCUT2D eigenvalue weighted by Crippen LogP contribution is -2.33. The third kappa shape index (κ3) is 3.22. The molecule has 3 nitrogen and oxygen atoms in total. The maximum Gasteiger partial charge on any atom is 0.127 e. The second-order valence-electron chi connectivity index (χ2n) is 5.58. The summed E-state index contributed by atoms with van der Waals surface area (Å²) < 4.78 is 13.5. The Balaban J connectivity index is 1.83. The molecular weight excluding hydrogens is 265 g/mol. The van der Waals surface area contributed by atoms with Crippen molar-refractivity contribution in [1.29, 1.82) is 0 Å². The van der Waals surface area contributed by atoms with Gasteiger partial charge < -0.3 is 5.73 Å². The van der Waals surface area contributed by atoms with Crippen molar-refractivity contribution in [2.45, 2.75) is 31.8 Å². The van der Waals surface area contributed by atoms with E-state index in [0.717, 1.165) is 30.6 Å². The summed E-state index contributed by atoms with van der Waals surface area (Å²) in [6, 6.07) is 11.1. The van der Waals surface area contributed by atoms with Crippen molar-refractivity contribution < 1.29 is 4.39 Å². The monoisotopic (exact) mass is 285 g/mol.